The summed E-state index contributed by atoms with van der Waals surface area (Å²) in [5.41, 5.74) is 2.69. The molecule has 0 bridgehead atoms. The Morgan fingerprint density at radius 2 is 1.81 bits per heavy atom. The van der Waals surface area contributed by atoms with E-state index in [0.29, 0.717) is 5.56 Å². The maximum absolute atomic E-state index is 13.7. The summed E-state index contributed by atoms with van der Waals surface area (Å²) in [7, 11) is 1.60. The average Bonchev–Trinajstić information content (AvgIpc) is 2.47. The largest absolute Gasteiger partial charge is 0.385 e. The zero-order valence-corrected chi connectivity index (χ0v) is 12.4. The summed E-state index contributed by atoms with van der Waals surface area (Å²) in [5.74, 6) is -0.736. The SMILES string of the molecule is CNc1c(F)cccc1C(=O)NC(C)c1ccc(C)cc1. The lowest BCUT2D eigenvalue weighted by atomic mass is 10.1. The summed E-state index contributed by atoms with van der Waals surface area (Å²) in [6.07, 6.45) is 0. The van der Waals surface area contributed by atoms with Crippen molar-refractivity contribution in [3.63, 3.8) is 0 Å². The molecule has 21 heavy (non-hydrogen) atoms. The van der Waals surface area contributed by atoms with Gasteiger partial charge in [-0.25, -0.2) is 4.39 Å². The van der Waals surface area contributed by atoms with Crippen molar-refractivity contribution in [3.05, 3.63) is 65.0 Å². The lowest BCUT2D eigenvalue weighted by Crippen LogP contribution is -2.27. The first-order valence-electron chi connectivity index (χ1n) is 6.86. The molecular weight excluding hydrogens is 267 g/mol. The lowest BCUT2D eigenvalue weighted by Gasteiger charge is -2.16. The van der Waals surface area contributed by atoms with E-state index in [1.807, 2.05) is 38.1 Å². The molecule has 110 valence electrons. The molecule has 0 heterocycles. The zero-order chi connectivity index (χ0) is 15.4. The minimum atomic E-state index is -0.437. The Bertz CT molecular complexity index is 638. The number of para-hydroxylation sites is 1. The van der Waals surface area contributed by atoms with Crippen molar-refractivity contribution in [3.8, 4) is 0 Å². The fourth-order valence-electron chi connectivity index (χ4n) is 2.18. The summed E-state index contributed by atoms with van der Waals surface area (Å²) < 4.78 is 13.7. The molecule has 0 radical (unpaired) electrons. The number of halogens is 1. The topological polar surface area (TPSA) is 41.1 Å². The van der Waals surface area contributed by atoms with Crippen molar-refractivity contribution in [1.82, 2.24) is 5.32 Å². The van der Waals surface area contributed by atoms with Gasteiger partial charge in [0.05, 0.1) is 17.3 Å². The molecule has 2 aromatic carbocycles. The molecule has 0 spiro atoms. The van der Waals surface area contributed by atoms with Crippen molar-refractivity contribution in [2.45, 2.75) is 19.9 Å². The second-order valence-electron chi connectivity index (χ2n) is 5.02. The molecule has 4 heteroatoms. The van der Waals surface area contributed by atoms with Gasteiger partial charge in [0.1, 0.15) is 5.82 Å². The van der Waals surface area contributed by atoms with Gasteiger partial charge in [0, 0.05) is 7.05 Å². The number of amides is 1. The molecular formula is C17H19FN2O. The van der Waals surface area contributed by atoms with Crippen molar-refractivity contribution in [1.29, 1.82) is 0 Å². The van der Waals surface area contributed by atoms with Crippen LogP contribution in [0.4, 0.5) is 10.1 Å². The standard InChI is InChI=1S/C17H19FN2O/c1-11-7-9-13(10-8-11)12(2)20-17(21)14-5-4-6-15(18)16(14)19-3/h4-10,12,19H,1-3H3,(H,20,21). The lowest BCUT2D eigenvalue weighted by molar-refractivity contribution is 0.0940. The van der Waals surface area contributed by atoms with Crippen LogP contribution in [0.5, 0.6) is 0 Å². The molecule has 0 aromatic heterocycles. The van der Waals surface area contributed by atoms with Crippen LogP contribution in [-0.2, 0) is 0 Å². The molecule has 0 aliphatic rings. The van der Waals surface area contributed by atoms with E-state index in [-0.39, 0.29) is 17.6 Å². The number of rotatable bonds is 4. The predicted molar refractivity (Wildman–Crippen MR) is 83.0 cm³/mol. The van der Waals surface area contributed by atoms with Crippen molar-refractivity contribution in [2.24, 2.45) is 0 Å². The van der Waals surface area contributed by atoms with Gasteiger partial charge in [-0.05, 0) is 31.5 Å². The fourth-order valence-corrected chi connectivity index (χ4v) is 2.18. The third-order valence-electron chi connectivity index (χ3n) is 3.43. The van der Waals surface area contributed by atoms with Crippen molar-refractivity contribution in [2.75, 3.05) is 12.4 Å². The number of benzene rings is 2. The minimum Gasteiger partial charge on any atom is -0.385 e. The van der Waals surface area contributed by atoms with E-state index >= 15 is 0 Å². The summed E-state index contributed by atoms with van der Waals surface area (Å²) in [4.78, 5) is 12.3. The van der Waals surface area contributed by atoms with Gasteiger partial charge >= 0.3 is 0 Å². The Labute approximate surface area is 124 Å². The number of nitrogens with one attached hydrogen (secondary N) is 2. The Morgan fingerprint density at radius 1 is 1.14 bits per heavy atom. The van der Waals surface area contributed by atoms with E-state index in [0.717, 1.165) is 5.56 Å². The van der Waals surface area contributed by atoms with Gasteiger partial charge in [-0.1, -0.05) is 35.9 Å². The van der Waals surface area contributed by atoms with Gasteiger partial charge in [-0.3, -0.25) is 4.79 Å². The summed E-state index contributed by atoms with van der Waals surface area (Å²) in [6.45, 7) is 3.92. The van der Waals surface area contributed by atoms with Crippen molar-refractivity contribution < 1.29 is 9.18 Å². The molecule has 0 fully saturated rings. The van der Waals surface area contributed by atoms with Crippen LogP contribution >= 0.6 is 0 Å². The number of hydrogen-bond acceptors (Lipinski definition) is 2. The molecule has 2 aromatic rings. The maximum atomic E-state index is 13.7. The van der Waals surface area contributed by atoms with Crippen LogP contribution in [0.3, 0.4) is 0 Å². The van der Waals surface area contributed by atoms with Crippen LogP contribution in [0.15, 0.2) is 42.5 Å². The molecule has 3 nitrogen and oxygen atoms in total. The highest BCUT2D eigenvalue weighted by Crippen LogP contribution is 2.20. The Balaban J connectivity index is 2.18. The third kappa shape index (κ3) is 3.40. The summed E-state index contributed by atoms with van der Waals surface area (Å²) in [5, 5.41) is 5.62. The predicted octanol–water partition coefficient (Wildman–Crippen LogP) is 3.67. The Morgan fingerprint density at radius 3 is 2.43 bits per heavy atom. The number of aryl methyl sites for hydroxylation is 1. The zero-order valence-electron chi connectivity index (χ0n) is 12.4. The van der Waals surface area contributed by atoms with Gasteiger partial charge in [0.15, 0.2) is 0 Å². The molecule has 1 unspecified atom stereocenters. The van der Waals surface area contributed by atoms with Crippen LogP contribution in [0.25, 0.3) is 0 Å². The van der Waals surface area contributed by atoms with E-state index in [1.54, 1.807) is 13.1 Å². The number of anilines is 1. The van der Waals surface area contributed by atoms with Gasteiger partial charge in [0.25, 0.3) is 5.91 Å². The van der Waals surface area contributed by atoms with Crippen LogP contribution < -0.4 is 10.6 Å². The second kappa shape index (κ2) is 6.39. The van der Waals surface area contributed by atoms with E-state index in [9.17, 15) is 9.18 Å². The average molecular weight is 286 g/mol. The minimum absolute atomic E-state index is 0.147. The van der Waals surface area contributed by atoms with Crippen LogP contribution in [0.2, 0.25) is 0 Å². The first-order valence-corrected chi connectivity index (χ1v) is 6.86. The van der Waals surface area contributed by atoms with E-state index in [1.165, 1.54) is 17.7 Å². The Kier molecular flexibility index (Phi) is 4.58. The third-order valence-corrected chi connectivity index (χ3v) is 3.43. The Hall–Kier alpha value is -2.36. The van der Waals surface area contributed by atoms with Gasteiger partial charge in [0.2, 0.25) is 0 Å². The van der Waals surface area contributed by atoms with Crippen LogP contribution in [-0.4, -0.2) is 13.0 Å². The smallest absolute Gasteiger partial charge is 0.253 e. The van der Waals surface area contributed by atoms with Crippen LogP contribution in [0, 0.1) is 12.7 Å². The number of carbonyl (C=O) groups is 1. The maximum Gasteiger partial charge on any atom is 0.253 e. The first kappa shape index (κ1) is 15.0. The first-order chi connectivity index (χ1) is 10.0. The van der Waals surface area contributed by atoms with E-state index in [4.69, 9.17) is 0 Å². The molecule has 0 aliphatic carbocycles. The normalized spacial score (nSPS) is 11.8. The molecule has 0 saturated carbocycles. The highest BCUT2D eigenvalue weighted by atomic mass is 19.1. The highest BCUT2D eigenvalue weighted by molar-refractivity contribution is 5.99. The van der Waals surface area contributed by atoms with Gasteiger partial charge in [-0.2, -0.15) is 0 Å². The monoisotopic (exact) mass is 286 g/mol. The summed E-state index contributed by atoms with van der Waals surface area (Å²) in [6, 6.07) is 12.3. The molecule has 1 atom stereocenters. The summed E-state index contributed by atoms with van der Waals surface area (Å²) >= 11 is 0. The number of carbonyl (C=O) groups excluding carboxylic acids is 1. The molecule has 0 saturated heterocycles. The number of hydrogen-bond donors (Lipinski definition) is 2. The van der Waals surface area contributed by atoms with Gasteiger partial charge < -0.3 is 10.6 Å². The van der Waals surface area contributed by atoms with Gasteiger partial charge in [-0.15, -0.1) is 0 Å². The molecule has 2 rings (SSSR count). The second-order valence-corrected chi connectivity index (χ2v) is 5.02. The van der Waals surface area contributed by atoms with E-state index in [2.05, 4.69) is 10.6 Å². The quantitative estimate of drug-likeness (QED) is 0.900. The molecule has 2 N–H and O–H groups in total. The van der Waals surface area contributed by atoms with E-state index < -0.39 is 5.82 Å². The highest BCUT2D eigenvalue weighted by Gasteiger charge is 2.16. The van der Waals surface area contributed by atoms with Crippen molar-refractivity contribution >= 4 is 11.6 Å². The fraction of sp³-hybridized carbons (Fsp3) is 0.235. The molecule has 0 aliphatic heterocycles. The molecule has 1 amide bonds. The van der Waals surface area contributed by atoms with Crippen LogP contribution in [0.1, 0.15) is 34.5 Å².